The molecule has 0 unspecified atom stereocenters. The summed E-state index contributed by atoms with van der Waals surface area (Å²) in [7, 11) is 0. The van der Waals surface area contributed by atoms with Crippen LogP contribution in [0.4, 0.5) is 4.39 Å². The fourth-order valence-corrected chi connectivity index (χ4v) is 1.26. The number of nitrogens with zero attached hydrogens (tertiary/aromatic N) is 1. The fraction of sp³-hybridized carbons (Fsp3) is 0. The van der Waals surface area contributed by atoms with Crippen LogP contribution in [0.15, 0.2) is 22.7 Å². The van der Waals surface area contributed by atoms with Crippen LogP contribution in [-0.2, 0) is 0 Å². The minimum Gasteiger partial charge on any atom is -0.504 e. The number of phenols is 2. The van der Waals surface area contributed by atoms with Gasteiger partial charge < -0.3 is 19.8 Å². The van der Waals surface area contributed by atoms with Crippen molar-refractivity contribution in [2.75, 3.05) is 0 Å². The molecule has 0 amide bonds. The van der Waals surface area contributed by atoms with Crippen LogP contribution in [0.2, 0.25) is 0 Å². The van der Waals surface area contributed by atoms with Crippen LogP contribution in [0, 0.1) is 5.82 Å². The van der Waals surface area contributed by atoms with Gasteiger partial charge in [0.25, 0.3) is 0 Å². The second-order valence-electron chi connectivity index (χ2n) is 3.17. The molecule has 1 aromatic carbocycles. The number of aromatic carboxylic acids is 1. The highest BCUT2D eigenvalue weighted by molar-refractivity contribution is 5.86. The summed E-state index contributed by atoms with van der Waals surface area (Å²) in [5, 5.41) is 30.6. The van der Waals surface area contributed by atoms with Gasteiger partial charge in [-0.05, 0) is 12.1 Å². The maximum atomic E-state index is 12.9. The van der Waals surface area contributed by atoms with E-state index in [1.165, 1.54) is 0 Å². The molecule has 0 aliphatic carbocycles. The highest BCUT2D eigenvalue weighted by Gasteiger charge is 2.18. The van der Waals surface area contributed by atoms with Gasteiger partial charge in [0.15, 0.2) is 17.3 Å². The molecule has 3 N–H and O–H groups in total. The van der Waals surface area contributed by atoms with Crippen molar-refractivity contribution in [3.8, 4) is 22.8 Å². The second-order valence-corrected chi connectivity index (χ2v) is 3.17. The topological polar surface area (TPSA) is 104 Å². The lowest BCUT2D eigenvalue weighted by Crippen LogP contribution is -1.91. The van der Waals surface area contributed by atoms with Gasteiger partial charge in [-0.25, -0.2) is 9.18 Å². The Morgan fingerprint density at radius 2 is 2.00 bits per heavy atom. The summed E-state index contributed by atoms with van der Waals surface area (Å²) >= 11 is 0. The van der Waals surface area contributed by atoms with E-state index >= 15 is 0 Å². The van der Waals surface area contributed by atoms with Crippen LogP contribution >= 0.6 is 0 Å². The van der Waals surface area contributed by atoms with Gasteiger partial charge in [0.05, 0.1) is 0 Å². The molecular weight excluding hydrogens is 233 g/mol. The third-order valence-electron chi connectivity index (χ3n) is 2.10. The molecule has 2 rings (SSSR count). The van der Waals surface area contributed by atoms with Crippen LogP contribution in [0.1, 0.15) is 10.6 Å². The van der Waals surface area contributed by atoms with Crippen molar-refractivity contribution in [2.24, 2.45) is 0 Å². The largest absolute Gasteiger partial charge is 0.504 e. The summed E-state index contributed by atoms with van der Waals surface area (Å²) in [6.45, 7) is 0. The first-order valence-corrected chi connectivity index (χ1v) is 4.41. The Labute approximate surface area is 93.5 Å². The molecule has 17 heavy (non-hydrogen) atoms. The predicted molar refractivity (Wildman–Crippen MR) is 52.2 cm³/mol. The van der Waals surface area contributed by atoms with Crippen molar-refractivity contribution in [1.82, 2.24) is 5.16 Å². The van der Waals surface area contributed by atoms with Crippen molar-refractivity contribution < 1.29 is 29.0 Å². The number of aromatic nitrogens is 1. The number of hydrogen-bond donors (Lipinski definition) is 3. The number of carboxylic acids is 1. The highest BCUT2D eigenvalue weighted by atomic mass is 19.1. The summed E-state index contributed by atoms with van der Waals surface area (Å²) in [5.74, 6) is -4.40. The third kappa shape index (κ3) is 1.78. The monoisotopic (exact) mass is 239 g/mol. The first kappa shape index (κ1) is 10.9. The van der Waals surface area contributed by atoms with E-state index in [1.807, 2.05) is 0 Å². The minimum absolute atomic E-state index is 0.0183. The molecule has 0 saturated heterocycles. The second kappa shape index (κ2) is 3.78. The SMILES string of the molecule is O=C(O)c1cc(-c2ccc(F)c(O)c2O)no1. The molecule has 1 aromatic heterocycles. The van der Waals surface area contributed by atoms with Gasteiger partial charge in [0.1, 0.15) is 5.69 Å². The third-order valence-corrected chi connectivity index (χ3v) is 2.10. The average molecular weight is 239 g/mol. The lowest BCUT2D eigenvalue weighted by molar-refractivity contribution is 0.0652. The zero-order chi connectivity index (χ0) is 12.6. The Bertz CT molecular complexity index is 592. The zero-order valence-electron chi connectivity index (χ0n) is 8.22. The molecule has 2 aromatic rings. The first-order valence-electron chi connectivity index (χ1n) is 4.41. The van der Waals surface area contributed by atoms with E-state index in [4.69, 9.17) is 10.2 Å². The molecule has 0 fully saturated rings. The van der Waals surface area contributed by atoms with Crippen LogP contribution in [0.3, 0.4) is 0 Å². The van der Waals surface area contributed by atoms with Crippen LogP contribution in [-0.4, -0.2) is 26.4 Å². The maximum Gasteiger partial charge on any atom is 0.374 e. The van der Waals surface area contributed by atoms with Crippen molar-refractivity contribution in [2.45, 2.75) is 0 Å². The van der Waals surface area contributed by atoms with E-state index in [0.717, 1.165) is 18.2 Å². The number of benzene rings is 1. The van der Waals surface area contributed by atoms with E-state index < -0.39 is 29.0 Å². The minimum atomic E-state index is -1.32. The van der Waals surface area contributed by atoms with E-state index in [9.17, 15) is 14.3 Å². The molecule has 0 aliphatic rings. The lowest BCUT2D eigenvalue weighted by Gasteiger charge is -2.03. The van der Waals surface area contributed by atoms with Crippen LogP contribution in [0.5, 0.6) is 11.5 Å². The lowest BCUT2D eigenvalue weighted by atomic mass is 10.1. The molecule has 1 heterocycles. The van der Waals surface area contributed by atoms with E-state index in [0.29, 0.717) is 0 Å². The zero-order valence-corrected chi connectivity index (χ0v) is 8.22. The van der Waals surface area contributed by atoms with Gasteiger partial charge in [0, 0.05) is 11.6 Å². The molecule has 0 spiro atoms. The molecule has 88 valence electrons. The number of hydrogen-bond acceptors (Lipinski definition) is 5. The van der Waals surface area contributed by atoms with Crippen LogP contribution < -0.4 is 0 Å². The Kier molecular flexibility index (Phi) is 2.43. The number of carbonyl (C=O) groups is 1. The summed E-state index contributed by atoms with van der Waals surface area (Å²) in [5.41, 5.74) is -0.0460. The molecule has 0 atom stereocenters. The predicted octanol–water partition coefficient (Wildman–Crippen LogP) is 1.59. The highest BCUT2D eigenvalue weighted by Crippen LogP contribution is 2.37. The Morgan fingerprint density at radius 1 is 1.29 bits per heavy atom. The standard InChI is InChI=1S/C10H6FNO5/c11-5-2-1-4(8(13)9(5)14)6-3-7(10(15)16)17-12-6/h1-3,13-14H,(H,15,16). The summed E-state index contributed by atoms with van der Waals surface area (Å²) in [6.07, 6.45) is 0. The van der Waals surface area contributed by atoms with Gasteiger partial charge in [-0.3, -0.25) is 0 Å². The Morgan fingerprint density at radius 3 is 2.59 bits per heavy atom. The quantitative estimate of drug-likeness (QED) is 0.687. The molecule has 7 heteroatoms. The van der Waals surface area contributed by atoms with Crippen molar-refractivity contribution in [1.29, 1.82) is 0 Å². The van der Waals surface area contributed by atoms with Gasteiger partial charge in [-0.1, -0.05) is 5.16 Å². The fourth-order valence-electron chi connectivity index (χ4n) is 1.26. The van der Waals surface area contributed by atoms with Gasteiger partial charge in [-0.2, -0.15) is 0 Å². The Balaban J connectivity index is 2.53. The maximum absolute atomic E-state index is 12.9. The summed E-state index contributed by atoms with van der Waals surface area (Å²) in [4.78, 5) is 10.5. The normalized spacial score (nSPS) is 10.4. The molecule has 0 aliphatic heterocycles. The summed E-state index contributed by atoms with van der Waals surface area (Å²) in [6, 6.07) is 3.11. The number of aromatic hydroxyl groups is 2. The van der Waals surface area contributed by atoms with E-state index in [-0.39, 0.29) is 11.3 Å². The summed E-state index contributed by atoms with van der Waals surface area (Å²) < 4.78 is 17.3. The van der Waals surface area contributed by atoms with E-state index in [1.54, 1.807) is 0 Å². The van der Waals surface area contributed by atoms with Gasteiger partial charge in [0.2, 0.25) is 5.76 Å². The molecule has 0 bridgehead atoms. The smallest absolute Gasteiger partial charge is 0.374 e. The van der Waals surface area contributed by atoms with Crippen molar-refractivity contribution in [3.63, 3.8) is 0 Å². The molecular formula is C10H6FNO5. The van der Waals surface area contributed by atoms with Gasteiger partial charge >= 0.3 is 5.97 Å². The number of halogens is 1. The molecule has 0 radical (unpaired) electrons. The van der Waals surface area contributed by atoms with Crippen molar-refractivity contribution in [3.05, 3.63) is 29.8 Å². The molecule has 6 nitrogen and oxygen atoms in total. The number of carboxylic acid groups (broad SMARTS) is 1. The Hall–Kier alpha value is -2.57. The van der Waals surface area contributed by atoms with E-state index in [2.05, 4.69) is 9.68 Å². The van der Waals surface area contributed by atoms with Gasteiger partial charge in [-0.15, -0.1) is 0 Å². The van der Waals surface area contributed by atoms with Crippen molar-refractivity contribution >= 4 is 5.97 Å². The van der Waals surface area contributed by atoms with Crippen LogP contribution in [0.25, 0.3) is 11.3 Å². The number of phenolic OH excluding ortho intramolecular Hbond substituents is 2. The average Bonchev–Trinajstić information content (AvgIpc) is 2.75. The first-order chi connectivity index (χ1) is 8.00. The number of rotatable bonds is 2. The molecule has 0 saturated carbocycles.